The molecule has 1 aliphatic rings. The fraction of sp³-hybridized carbons (Fsp3) is 0.190. The second-order valence-corrected chi connectivity index (χ2v) is 9.13. The maximum atomic E-state index is 12.5. The van der Waals surface area contributed by atoms with E-state index in [0.717, 1.165) is 22.2 Å². The van der Waals surface area contributed by atoms with Crippen LogP contribution in [0.2, 0.25) is 0 Å². The molecule has 2 aromatic carbocycles. The minimum Gasteiger partial charge on any atom is -0.487 e. The van der Waals surface area contributed by atoms with Gasteiger partial charge in [-0.2, -0.15) is 0 Å². The lowest BCUT2D eigenvalue weighted by Gasteiger charge is -2.12. The summed E-state index contributed by atoms with van der Waals surface area (Å²) >= 11 is 7.85. The van der Waals surface area contributed by atoms with Gasteiger partial charge in [-0.1, -0.05) is 12.1 Å². The van der Waals surface area contributed by atoms with Crippen LogP contribution in [0.4, 0.5) is 4.79 Å². The zero-order valence-electron chi connectivity index (χ0n) is 16.3. The number of hydrogen-bond acceptors (Lipinski definition) is 6. The summed E-state index contributed by atoms with van der Waals surface area (Å²) in [5.41, 5.74) is 1.74. The van der Waals surface area contributed by atoms with E-state index in [2.05, 4.69) is 31.9 Å². The number of ether oxygens (including phenoxy) is 2. The van der Waals surface area contributed by atoms with Crippen LogP contribution in [0.5, 0.6) is 5.75 Å². The second-order valence-electron chi connectivity index (χ2n) is 6.43. The lowest BCUT2D eigenvalue weighted by atomic mass is 10.1. The van der Waals surface area contributed by atoms with Crippen molar-refractivity contribution in [2.45, 2.75) is 6.61 Å². The first kappa shape index (κ1) is 23.5. The fourth-order valence-electron chi connectivity index (χ4n) is 2.73. The fourth-order valence-corrected chi connectivity index (χ4v) is 5.04. The Morgan fingerprint density at radius 3 is 2.39 bits per heavy atom. The molecule has 0 spiro atoms. The highest BCUT2D eigenvalue weighted by Crippen LogP contribution is 2.38. The highest BCUT2D eigenvalue weighted by atomic mass is 79.9. The van der Waals surface area contributed by atoms with Crippen molar-refractivity contribution in [1.29, 1.82) is 0 Å². The summed E-state index contributed by atoms with van der Waals surface area (Å²) in [6.45, 7) is 0.744. The summed E-state index contributed by atoms with van der Waals surface area (Å²) < 4.78 is 12.1. The normalized spacial score (nSPS) is 15.1. The molecule has 0 atom stereocenters. The molecule has 1 saturated heterocycles. The number of carboxylic acid groups (broad SMARTS) is 1. The first-order chi connectivity index (χ1) is 14.8. The van der Waals surface area contributed by atoms with Crippen LogP contribution in [0.3, 0.4) is 0 Å². The van der Waals surface area contributed by atoms with E-state index in [0.29, 0.717) is 25.2 Å². The SMILES string of the molecule is COCCN1C(=O)S/C(=C/c2cc(Br)c(OCc3ccc(C(=O)O)cc3)c(Br)c2)C1=O. The Balaban J connectivity index is 1.73. The molecular weight excluding hydrogens is 554 g/mol. The van der Waals surface area contributed by atoms with Crippen LogP contribution in [0.1, 0.15) is 21.5 Å². The van der Waals surface area contributed by atoms with Gasteiger partial charge in [0.25, 0.3) is 11.1 Å². The van der Waals surface area contributed by atoms with Crippen LogP contribution in [0, 0.1) is 0 Å². The zero-order chi connectivity index (χ0) is 22.5. The minimum atomic E-state index is -0.981. The second kappa shape index (κ2) is 10.4. The molecule has 162 valence electrons. The monoisotopic (exact) mass is 569 g/mol. The molecule has 2 amide bonds. The summed E-state index contributed by atoms with van der Waals surface area (Å²) in [5.74, 6) is -0.762. The molecular formula is C21H17Br2NO6S. The molecule has 1 heterocycles. The van der Waals surface area contributed by atoms with E-state index in [4.69, 9.17) is 14.6 Å². The number of nitrogens with zero attached hydrogens (tertiary/aromatic N) is 1. The van der Waals surface area contributed by atoms with Gasteiger partial charge < -0.3 is 14.6 Å². The third-order valence-electron chi connectivity index (χ3n) is 4.30. The number of thioether (sulfide) groups is 1. The Kier molecular flexibility index (Phi) is 7.93. The Morgan fingerprint density at radius 2 is 1.81 bits per heavy atom. The van der Waals surface area contributed by atoms with E-state index < -0.39 is 5.97 Å². The van der Waals surface area contributed by atoms with Crippen molar-refractivity contribution in [3.63, 3.8) is 0 Å². The summed E-state index contributed by atoms with van der Waals surface area (Å²) in [7, 11) is 1.51. The molecule has 0 bridgehead atoms. The van der Waals surface area contributed by atoms with Gasteiger partial charge in [0, 0.05) is 7.11 Å². The van der Waals surface area contributed by atoms with E-state index in [9.17, 15) is 14.4 Å². The molecule has 2 aromatic rings. The lowest BCUT2D eigenvalue weighted by Crippen LogP contribution is -2.31. The van der Waals surface area contributed by atoms with Crippen molar-refractivity contribution >= 4 is 66.8 Å². The van der Waals surface area contributed by atoms with Gasteiger partial charge in [0.2, 0.25) is 0 Å². The predicted molar refractivity (Wildman–Crippen MR) is 124 cm³/mol. The molecule has 0 aromatic heterocycles. The first-order valence-corrected chi connectivity index (χ1v) is 11.4. The Hall–Kier alpha value is -2.14. The van der Waals surface area contributed by atoms with Gasteiger partial charge in [0.05, 0.1) is 32.6 Å². The van der Waals surface area contributed by atoms with E-state index in [1.54, 1.807) is 30.3 Å². The molecule has 1 N–H and O–H groups in total. The molecule has 0 aliphatic carbocycles. The van der Waals surface area contributed by atoms with Crippen molar-refractivity contribution in [1.82, 2.24) is 4.90 Å². The number of rotatable bonds is 8. The molecule has 31 heavy (non-hydrogen) atoms. The molecule has 3 rings (SSSR count). The number of carbonyl (C=O) groups excluding carboxylic acids is 2. The minimum absolute atomic E-state index is 0.210. The summed E-state index contributed by atoms with van der Waals surface area (Å²) in [4.78, 5) is 37.0. The molecule has 0 saturated carbocycles. The van der Waals surface area contributed by atoms with Crippen molar-refractivity contribution in [2.75, 3.05) is 20.3 Å². The Bertz CT molecular complexity index is 1030. The number of imide groups is 1. The molecule has 0 radical (unpaired) electrons. The van der Waals surface area contributed by atoms with Crippen molar-refractivity contribution < 1.29 is 29.0 Å². The highest BCUT2D eigenvalue weighted by Gasteiger charge is 2.34. The standard InChI is InChI=1S/C21H17Br2NO6S/c1-29-7-6-24-19(25)17(31-21(24)28)10-13-8-15(22)18(16(23)9-13)30-11-12-2-4-14(5-3-12)20(26)27/h2-5,8-10H,6-7,11H2,1H3,(H,26,27)/b17-10+. The summed E-state index contributed by atoms with van der Waals surface area (Å²) in [6, 6.07) is 10.0. The van der Waals surface area contributed by atoms with E-state index in [-0.39, 0.29) is 36.5 Å². The van der Waals surface area contributed by atoms with Gasteiger partial charge >= 0.3 is 5.97 Å². The van der Waals surface area contributed by atoms with Gasteiger partial charge in [-0.05, 0) is 85.1 Å². The number of halogens is 2. The van der Waals surface area contributed by atoms with Crippen LogP contribution in [-0.4, -0.2) is 47.4 Å². The first-order valence-electron chi connectivity index (χ1n) is 8.98. The van der Waals surface area contributed by atoms with E-state index in [1.165, 1.54) is 19.2 Å². The van der Waals surface area contributed by atoms with Crippen LogP contribution in [0.25, 0.3) is 6.08 Å². The van der Waals surface area contributed by atoms with Crippen molar-refractivity contribution in [3.8, 4) is 5.75 Å². The number of methoxy groups -OCH3 is 1. The van der Waals surface area contributed by atoms with Crippen molar-refractivity contribution in [2.24, 2.45) is 0 Å². The van der Waals surface area contributed by atoms with E-state index in [1.807, 2.05) is 0 Å². The molecule has 1 fully saturated rings. The predicted octanol–water partition coefficient (Wildman–Crippen LogP) is 5.17. The van der Waals surface area contributed by atoms with Crippen molar-refractivity contribution in [3.05, 3.63) is 66.9 Å². The Morgan fingerprint density at radius 1 is 1.16 bits per heavy atom. The maximum absolute atomic E-state index is 12.5. The third kappa shape index (κ3) is 5.76. The highest BCUT2D eigenvalue weighted by molar-refractivity contribution is 9.11. The van der Waals surface area contributed by atoms with Crippen LogP contribution < -0.4 is 4.74 Å². The van der Waals surface area contributed by atoms with Gasteiger partial charge in [-0.3, -0.25) is 14.5 Å². The lowest BCUT2D eigenvalue weighted by molar-refractivity contribution is -0.123. The topological polar surface area (TPSA) is 93.1 Å². The molecule has 0 unspecified atom stereocenters. The van der Waals surface area contributed by atoms with Crippen LogP contribution >= 0.6 is 43.6 Å². The number of aromatic carboxylic acids is 1. The Labute approximate surface area is 199 Å². The van der Waals surface area contributed by atoms with Gasteiger partial charge in [0.1, 0.15) is 12.4 Å². The number of carboxylic acids is 1. The average Bonchev–Trinajstić information content (AvgIpc) is 2.98. The smallest absolute Gasteiger partial charge is 0.335 e. The van der Waals surface area contributed by atoms with Gasteiger partial charge in [-0.15, -0.1) is 0 Å². The third-order valence-corrected chi connectivity index (χ3v) is 6.38. The van der Waals surface area contributed by atoms with E-state index >= 15 is 0 Å². The van der Waals surface area contributed by atoms with Crippen LogP contribution in [0.15, 0.2) is 50.2 Å². The number of carbonyl (C=O) groups is 3. The quantitative estimate of drug-likeness (QED) is 0.437. The molecule has 7 nitrogen and oxygen atoms in total. The maximum Gasteiger partial charge on any atom is 0.335 e. The number of hydrogen-bond donors (Lipinski definition) is 1. The van der Waals surface area contributed by atoms with Crippen LogP contribution in [-0.2, 0) is 16.1 Å². The number of amides is 2. The largest absolute Gasteiger partial charge is 0.487 e. The number of benzene rings is 2. The van der Waals surface area contributed by atoms with Gasteiger partial charge in [0.15, 0.2) is 0 Å². The summed E-state index contributed by atoms with van der Waals surface area (Å²) in [6.07, 6.45) is 1.65. The summed E-state index contributed by atoms with van der Waals surface area (Å²) in [5, 5.41) is 8.65. The molecule has 10 heteroatoms. The van der Waals surface area contributed by atoms with Gasteiger partial charge in [-0.25, -0.2) is 4.79 Å². The average molecular weight is 571 g/mol. The zero-order valence-corrected chi connectivity index (χ0v) is 20.3. The molecule has 1 aliphatic heterocycles.